The van der Waals surface area contributed by atoms with Crippen LogP contribution in [0.3, 0.4) is 0 Å². The monoisotopic (exact) mass is 329 g/mol. The minimum atomic E-state index is 0.168. The number of aromatic nitrogens is 1. The largest absolute Gasteiger partial charge is 0.377 e. The van der Waals surface area contributed by atoms with Crippen molar-refractivity contribution < 1.29 is 4.74 Å². The fourth-order valence-electron chi connectivity index (χ4n) is 3.39. The molecule has 0 bridgehead atoms. The predicted octanol–water partition coefficient (Wildman–Crippen LogP) is 1.23. The summed E-state index contributed by atoms with van der Waals surface area (Å²) in [7, 11) is 0. The van der Waals surface area contributed by atoms with Gasteiger partial charge in [-0.05, 0) is 18.6 Å². The molecule has 3 heterocycles. The maximum Gasteiger partial charge on any atom is 0.128 e. The molecule has 2 aliphatic rings. The first-order valence-corrected chi connectivity index (χ1v) is 8.64. The summed E-state index contributed by atoms with van der Waals surface area (Å²) in [6.07, 6.45) is 4.41. The molecule has 130 valence electrons. The van der Waals surface area contributed by atoms with Crippen molar-refractivity contribution >= 4 is 5.84 Å². The minimum Gasteiger partial charge on any atom is -0.377 e. The number of amidine groups is 1. The third-order valence-electron chi connectivity index (χ3n) is 4.83. The van der Waals surface area contributed by atoms with Crippen LogP contribution in [0.2, 0.25) is 0 Å². The Kier molecular flexibility index (Phi) is 5.48. The fourth-order valence-corrected chi connectivity index (χ4v) is 3.39. The molecular weight excluding hydrogens is 302 g/mol. The summed E-state index contributed by atoms with van der Waals surface area (Å²) >= 11 is 0. The Labute approximate surface area is 144 Å². The minimum absolute atomic E-state index is 0.168. The van der Waals surface area contributed by atoms with Crippen molar-refractivity contribution in [2.45, 2.75) is 19.4 Å². The highest BCUT2D eigenvalue weighted by atomic mass is 16.5. The first-order valence-electron chi connectivity index (χ1n) is 8.64. The van der Waals surface area contributed by atoms with Gasteiger partial charge in [0.05, 0.1) is 19.3 Å². The second kappa shape index (κ2) is 7.77. The van der Waals surface area contributed by atoms with Gasteiger partial charge in [-0.2, -0.15) is 0 Å². The third-order valence-corrected chi connectivity index (χ3v) is 4.83. The van der Waals surface area contributed by atoms with Crippen LogP contribution in [0.15, 0.2) is 30.7 Å². The summed E-state index contributed by atoms with van der Waals surface area (Å²) < 4.78 is 5.69. The van der Waals surface area contributed by atoms with Gasteiger partial charge in [0.25, 0.3) is 0 Å². The Morgan fingerprint density at radius 1 is 1.42 bits per heavy atom. The van der Waals surface area contributed by atoms with Gasteiger partial charge in [-0.1, -0.05) is 6.58 Å². The molecule has 1 aromatic rings. The van der Waals surface area contributed by atoms with Crippen LogP contribution in [0.1, 0.15) is 17.5 Å². The van der Waals surface area contributed by atoms with Crippen LogP contribution in [0.25, 0.3) is 0 Å². The standard InChI is InChI=1S/C18H27N5O/c1-14-12-21-4-3-17(14)18(19)23-9-10-24-13-16(23)11-15(2)22-7-5-20-6-8-22/h3-4,12,16,19-20H,2,5-11,13H2,1H3. The maximum absolute atomic E-state index is 8.67. The van der Waals surface area contributed by atoms with Crippen LogP contribution < -0.4 is 5.32 Å². The van der Waals surface area contributed by atoms with Gasteiger partial charge < -0.3 is 19.9 Å². The number of ether oxygens (including phenoxy) is 1. The number of piperazine rings is 1. The molecule has 6 nitrogen and oxygen atoms in total. The molecule has 6 heteroatoms. The smallest absolute Gasteiger partial charge is 0.128 e. The summed E-state index contributed by atoms with van der Waals surface area (Å²) in [6.45, 7) is 12.4. The van der Waals surface area contributed by atoms with E-state index in [1.54, 1.807) is 6.20 Å². The molecule has 24 heavy (non-hydrogen) atoms. The average molecular weight is 329 g/mol. The van der Waals surface area contributed by atoms with E-state index in [1.165, 1.54) is 0 Å². The molecule has 1 atom stereocenters. The SMILES string of the molecule is C=C(CC1COCCN1C(=N)c1ccncc1C)N1CCNCC1. The molecule has 0 spiro atoms. The topological polar surface area (TPSA) is 64.5 Å². The van der Waals surface area contributed by atoms with Gasteiger partial charge in [0.1, 0.15) is 5.84 Å². The molecule has 2 saturated heterocycles. The summed E-state index contributed by atoms with van der Waals surface area (Å²) in [5.74, 6) is 0.566. The van der Waals surface area contributed by atoms with Crippen molar-refractivity contribution in [2.75, 3.05) is 45.9 Å². The highest BCUT2D eigenvalue weighted by Crippen LogP contribution is 2.21. The van der Waals surface area contributed by atoms with Crippen molar-refractivity contribution in [3.8, 4) is 0 Å². The van der Waals surface area contributed by atoms with E-state index in [4.69, 9.17) is 10.1 Å². The lowest BCUT2D eigenvalue weighted by molar-refractivity contribution is 0.0240. The average Bonchev–Trinajstić information content (AvgIpc) is 2.63. The summed E-state index contributed by atoms with van der Waals surface area (Å²) in [6, 6.07) is 2.09. The summed E-state index contributed by atoms with van der Waals surface area (Å²) in [4.78, 5) is 8.65. The highest BCUT2D eigenvalue weighted by Gasteiger charge is 2.28. The molecule has 1 unspecified atom stereocenters. The van der Waals surface area contributed by atoms with Crippen LogP contribution in [0, 0.1) is 12.3 Å². The van der Waals surface area contributed by atoms with E-state index in [2.05, 4.69) is 26.7 Å². The number of pyridine rings is 1. The van der Waals surface area contributed by atoms with Gasteiger partial charge in [-0.15, -0.1) is 0 Å². The van der Waals surface area contributed by atoms with E-state index in [9.17, 15) is 0 Å². The van der Waals surface area contributed by atoms with E-state index >= 15 is 0 Å². The highest BCUT2D eigenvalue weighted by molar-refractivity contribution is 5.97. The number of nitrogens with zero attached hydrogens (tertiary/aromatic N) is 3. The molecule has 1 aromatic heterocycles. The lowest BCUT2D eigenvalue weighted by Crippen LogP contribution is -2.50. The molecule has 2 N–H and O–H groups in total. The Morgan fingerprint density at radius 2 is 2.21 bits per heavy atom. The molecule has 0 radical (unpaired) electrons. The Bertz CT molecular complexity index is 597. The molecule has 3 rings (SSSR count). The first kappa shape index (κ1) is 16.9. The molecule has 2 fully saturated rings. The van der Waals surface area contributed by atoms with Crippen LogP contribution in [0.4, 0.5) is 0 Å². The molecule has 2 aliphatic heterocycles. The maximum atomic E-state index is 8.67. The van der Waals surface area contributed by atoms with Gasteiger partial charge in [-0.3, -0.25) is 10.4 Å². The van der Waals surface area contributed by atoms with Gasteiger partial charge in [0.15, 0.2) is 0 Å². The van der Waals surface area contributed by atoms with Crippen molar-refractivity contribution in [3.05, 3.63) is 41.9 Å². The molecule has 0 saturated carbocycles. The predicted molar refractivity (Wildman–Crippen MR) is 95.3 cm³/mol. The first-order chi connectivity index (χ1) is 11.7. The second-order valence-corrected chi connectivity index (χ2v) is 6.47. The zero-order valence-corrected chi connectivity index (χ0v) is 14.4. The number of hydrogen-bond acceptors (Lipinski definition) is 5. The Hall–Kier alpha value is -1.92. The van der Waals surface area contributed by atoms with Crippen LogP contribution >= 0.6 is 0 Å². The Morgan fingerprint density at radius 3 is 2.96 bits per heavy atom. The molecule has 0 amide bonds. The van der Waals surface area contributed by atoms with Crippen LogP contribution in [-0.2, 0) is 4.74 Å². The van der Waals surface area contributed by atoms with Crippen molar-refractivity contribution in [1.82, 2.24) is 20.1 Å². The van der Waals surface area contributed by atoms with Crippen molar-refractivity contribution in [3.63, 3.8) is 0 Å². The number of aryl methyl sites for hydroxylation is 1. The van der Waals surface area contributed by atoms with Gasteiger partial charge in [0, 0.05) is 62.8 Å². The third kappa shape index (κ3) is 3.76. The lowest BCUT2D eigenvalue weighted by atomic mass is 10.0. The number of morpholine rings is 1. The van der Waals surface area contributed by atoms with E-state index in [1.807, 2.05) is 19.2 Å². The second-order valence-electron chi connectivity index (χ2n) is 6.47. The van der Waals surface area contributed by atoms with Gasteiger partial charge >= 0.3 is 0 Å². The van der Waals surface area contributed by atoms with Crippen LogP contribution in [-0.4, -0.2) is 72.6 Å². The van der Waals surface area contributed by atoms with Crippen molar-refractivity contribution in [2.24, 2.45) is 0 Å². The van der Waals surface area contributed by atoms with E-state index in [0.717, 1.165) is 56.0 Å². The van der Waals surface area contributed by atoms with Crippen LogP contribution in [0.5, 0.6) is 0 Å². The van der Waals surface area contributed by atoms with E-state index in [-0.39, 0.29) is 6.04 Å². The lowest BCUT2D eigenvalue weighted by Gasteiger charge is -2.40. The fraction of sp³-hybridized carbons (Fsp3) is 0.556. The van der Waals surface area contributed by atoms with E-state index < -0.39 is 0 Å². The molecule has 0 aromatic carbocycles. The zero-order valence-electron chi connectivity index (χ0n) is 14.4. The molecular formula is C18H27N5O. The van der Waals surface area contributed by atoms with Gasteiger partial charge in [0.2, 0.25) is 0 Å². The summed E-state index contributed by atoms with van der Waals surface area (Å²) in [5, 5.41) is 12.0. The normalized spacial score (nSPS) is 21.6. The number of rotatable bonds is 4. The Balaban J connectivity index is 1.70. The number of hydrogen-bond donors (Lipinski definition) is 2. The van der Waals surface area contributed by atoms with Crippen molar-refractivity contribution in [1.29, 1.82) is 5.41 Å². The quantitative estimate of drug-likeness (QED) is 0.642. The van der Waals surface area contributed by atoms with Gasteiger partial charge in [-0.25, -0.2) is 0 Å². The zero-order chi connectivity index (χ0) is 16.9. The summed E-state index contributed by atoms with van der Waals surface area (Å²) in [5.41, 5.74) is 3.13. The number of nitrogens with one attached hydrogen (secondary N) is 2. The van der Waals surface area contributed by atoms with E-state index in [0.29, 0.717) is 19.0 Å². The molecule has 0 aliphatic carbocycles.